The minimum Gasteiger partial charge on any atom is -0.480 e. The van der Waals surface area contributed by atoms with Crippen LogP contribution in [0.2, 0.25) is 0 Å². The van der Waals surface area contributed by atoms with Gasteiger partial charge in [0.2, 0.25) is 0 Å². The standard InChI is InChI=1S/C17H19N3O4S2/c1-8-10(11(24-19-8)9-6-5-7-25-9)18-17(4)14(23)20-12(13(21)22)16(2,3)26-15(17)20/h5-7,12,15,18H,1-4H3,(H,21,22)/t12-,15+,17?/m0/s1. The Labute approximate surface area is 158 Å². The molecular weight excluding hydrogens is 374 g/mol. The van der Waals surface area contributed by atoms with Gasteiger partial charge in [-0.15, -0.1) is 23.1 Å². The molecule has 4 rings (SSSR count). The molecule has 26 heavy (non-hydrogen) atoms. The molecule has 2 saturated heterocycles. The van der Waals surface area contributed by atoms with Gasteiger partial charge >= 0.3 is 5.97 Å². The molecule has 7 nitrogen and oxygen atoms in total. The van der Waals surface area contributed by atoms with E-state index in [1.807, 2.05) is 45.2 Å². The maximum atomic E-state index is 12.9. The van der Waals surface area contributed by atoms with Gasteiger partial charge in [-0.2, -0.15) is 0 Å². The molecule has 0 saturated carbocycles. The van der Waals surface area contributed by atoms with Crippen LogP contribution in [0.25, 0.3) is 10.6 Å². The fraction of sp³-hybridized carbons (Fsp3) is 0.471. The summed E-state index contributed by atoms with van der Waals surface area (Å²) in [6, 6.07) is 3.02. The number of aromatic nitrogens is 1. The summed E-state index contributed by atoms with van der Waals surface area (Å²) < 4.78 is 4.91. The van der Waals surface area contributed by atoms with Crippen LogP contribution in [0, 0.1) is 6.92 Å². The Hall–Kier alpha value is -2.00. The van der Waals surface area contributed by atoms with Gasteiger partial charge in [0, 0.05) is 4.75 Å². The van der Waals surface area contributed by atoms with Crippen LogP contribution >= 0.6 is 23.1 Å². The van der Waals surface area contributed by atoms with Gasteiger partial charge in [0.25, 0.3) is 5.91 Å². The molecule has 2 aromatic heterocycles. The highest BCUT2D eigenvalue weighted by Crippen LogP contribution is 2.56. The van der Waals surface area contributed by atoms with E-state index < -0.39 is 22.3 Å². The summed E-state index contributed by atoms with van der Waals surface area (Å²) in [5, 5.41) is 18.6. The number of thiophene rings is 1. The molecule has 2 N–H and O–H groups in total. The lowest BCUT2D eigenvalue weighted by atomic mass is 9.86. The Morgan fingerprint density at radius 2 is 2.15 bits per heavy atom. The quantitative estimate of drug-likeness (QED) is 0.771. The molecule has 0 radical (unpaired) electrons. The Morgan fingerprint density at radius 3 is 2.77 bits per heavy atom. The van der Waals surface area contributed by atoms with Crippen molar-refractivity contribution in [3.05, 3.63) is 23.2 Å². The van der Waals surface area contributed by atoms with Crippen LogP contribution < -0.4 is 5.32 Å². The third kappa shape index (κ3) is 2.23. The third-order valence-corrected chi connectivity index (χ3v) is 7.62. The molecule has 138 valence electrons. The molecular formula is C17H19N3O4S2. The van der Waals surface area contributed by atoms with Crippen molar-refractivity contribution in [1.82, 2.24) is 10.1 Å². The molecule has 2 aliphatic rings. The first-order valence-electron chi connectivity index (χ1n) is 8.18. The number of carboxylic acids is 1. The zero-order valence-corrected chi connectivity index (χ0v) is 16.4. The molecule has 2 fully saturated rings. The number of aryl methyl sites for hydroxylation is 1. The van der Waals surface area contributed by atoms with Gasteiger partial charge in [0.15, 0.2) is 5.76 Å². The summed E-state index contributed by atoms with van der Waals surface area (Å²) in [4.78, 5) is 27.0. The summed E-state index contributed by atoms with van der Waals surface area (Å²) >= 11 is 3.04. The highest BCUT2D eigenvalue weighted by molar-refractivity contribution is 8.01. The minimum atomic E-state index is -0.971. The highest BCUT2D eigenvalue weighted by atomic mass is 32.2. The van der Waals surface area contributed by atoms with Gasteiger partial charge < -0.3 is 19.8 Å². The molecule has 0 bridgehead atoms. The highest BCUT2D eigenvalue weighted by Gasteiger charge is 2.69. The molecule has 0 spiro atoms. The number of β-lactam (4-membered cyclic amide) rings is 1. The van der Waals surface area contributed by atoms with Crippen molar-refractivity contribution in [3.8, 4) is 10.6 Å². The second kappa shape index (κ2) is 5.50. The van der Waals surface area contributed by atoms with E-state index in [0.717, 1.165) is 4.88 Å². The van der Waals surface area contributed by atoms with Crippen LogP contribution in [0.4, 0.5) is 5.69 Å². The van der Waals surface area contributed by atoms with Crippen molar-refractivity contribution in [2.75, 3.05) is 5.32 Å². The van der Waals surface area contributed by atoms with Gasteiger partial charge in [-0.1, -0.05) is 11.2 Å². The summed E-state index contributed by atoms with van der Waals surface area (Å²) in [5.41, 5.74) is 0.437. The molecule has 2 aliphatic heterocycles. The number of thioether (sulfide) groups is 1. The number of amides is 1. The monoisotopic (exact) mass is 393 g/mol. The summed E-state index contributed by atoms with van der Waals surface area (Å²) in [7, 11) is 0. The van der Waals surface area contributed by atoms with E-state index in [0.29, 0.717) is 17.1 Å². The summed E-state index contributed by atoms with van der Waals surface area (Å²) in [6.45, 7) is 7.36. The second-order valence-electron chi connectivity index (χ2n) is 7.30. The van der Waals surface area contributed by atoms with E-state index in [4.69, 9.17) is 4.52 Å². The zero-order valence-electron chi connectivity index (χ0n) is 14.8. The normalized spacial score (nSPS) is 29.4. The average molecular weight is 393 g/mol. The van der Waals surface area contributed by atoms with E-state index >= 15 is 0 Å². The van der Waals surface area contributed by atoms with E-state index in [9.17, 15) is 14.7 Å². The van der Waals surface area contributed by atoms with Gasteiger partial charge in [-0.25, -0.2) is 4.79 Å². The van der Waals surface area contributed by atoms with Crippen LogP contribution in [-0.4, -0.2) is 48.7 Å². The van der Waals surface area contributed by atoms with Crippen molar-refractivity contribution < 1.29 is 19.2 Å². The predicted molar refractivity (Wildman–Crippen MR) is 100 cm³/mol. The third-order valence-electron chi connectivity index (χ3n) is 5.00. The molecule has 3 atom stereocenters. The number of aliphatic carboxylic acids is 1. The molecule has 4 heterocycles. The van der Waals surface area contributed by atoms with Crippen LogP contribution in [0.1, 0.15) is 26.5 Å². The lowest BCUT2D eigenvalue weighted by Crippen LogP contribution is -2.75. The molecule has 9 heteroatoms. The SMILES string of the molecule is Cc1noc(-c2cccs2)c1NC1(C)C(=O)N2[C@@H](C(=O)O)C(C)(C)S[C@@H]21. The van der Waals surface area contributed by atoms with Gasteiger partial charge in [0.1, 0.15) is 28.3 Å². The number of carbonyl (C=O) groups is 2. The van der Waals surface area contributed by atoms with Crippen molar-refractivity contribution in [1.29, 1.82) is 0 Å². The van der Waals surface area contributed by atoms with E-state index in [-0.39, 0.29) is 11.3 Å². The lowest BCUT2D eigenvalue weighted by Gasteiger charge is -2.51. The largest absolute Gasteiger partial charge is 0.480 e. The van der Waals surface area contributed by atoms with Crippen molar-refractivity contribution in [2.24, 2.45) is 0 Å². The topological polar surface area (TPSA) is 95.7 Å². The van der Waals surface area contributed by atoms with Crippen molar-refractivity contribution >= 4 is 40.7 Å². The molecule has 1 amide bonds. The number of fused-ring (bicyclic) bond motifs is 1. The van der Waals surface area contributed by atoms with Crippen molar-refractivity contribution in [3.63, 3.8) is 0 Å². The van der Waals surface area contributed by atoms with Crippen LogP contribution in [0.5, 0.6) is 0 Å². The number of hydrogen-bond donors (Lipinski definition) is 2. The molecule has 2 aromatic rings. The lowest BCUT2D eigenvalue weighted by molar-refractivity contribution is -0.163. The Bertz CT molecular complexity index is 892. The number of hydrogen-bond acceptors (Lipinski definition) is 7. The second-order valence-corrected chi connectivity index (χ2v) is 9.99. The van der Waals surface area contributed by atoms with Gasteiger partial charge in [0.05, 0.1) is 4.88 Å². The zero-order chi connectivity index (χ0) is 18.9. The predicted octanol–water partition coefficient (Wildman–Crippen LogP) is 3.03. The first-order chi connectivity index (χ1) is 12.2. The number of rotatable bonds is 4. The average Bonchev–Trinajstić information content (AvgIpc) is 3.25. The molecule has 0 aliphatic carbocycles. The maximum Gasteiger partial charge on any atom is 0.327 e. The number of carbonyl (C=O) groups excluding carboxylic acids is 1. The first kappa shape index (κ1) is 17.4. The van der Waals surface area contributed by atoms with Crippen molar-refractivity contribution in [2.45, 2.75) is 49.4 Å². The van der Waals surface area contributed by atoms with Crippen LogP contribution in [0.3, 0.4) is 0 Å². The molecule has 1 unspecified atom stereocenters. The van der Waals surface area contributed by atoms with E-state index in [1.165, 1.54) is 28.0 Å². The minimum absolute atomic E-state index is 0.217. The van der Waals surface area contributed by atoms with Crippen LogP contribution in [-0.2, 0) is 9.59 Å². The Morgan fingerprint density at radius 1 is 1.42 bits per heavy atom. The summed E-state index contributed by atoms with van der Waals surface area (Å²) in [6.07, 6.45) is 0. The van der Waals surface area contributed by atoms with Gasteiger partial charge in [-0.05, 0) is 39.1 Å². The number of carboxylic acid groups (broad SMARTS) is 1. The first-order valence-corrected chi connectivity index (χ1v) is 9.94. The number of nitrogens with zero attached hydrogens (tertiary/aromatic N) is 2. The molecule has 0 aromatic carbocycles. The number of nitrogens with one attached hydrogen (secondary N) is 1. The summed E-state index contributed by atoms with van der Waals surface area (Å²) in [5.74, 6) is -0.589. The van der Waals surface area contributed by atoms with Gasteiger partial charge in [-0.3, -0.25) is 4.79 Å². The maximum absolute atomic E-state index is 12.9. The smallest absolute Gasteiger partial charge is 0.327 e. The Balaban J connectivity index is 1.68. The van der Waals surface area contributed by atoms with E-state index in [2.05, 4.69) is 10.5 Å². The van der Waals surface area contributed by atoms with E-state index in [1.54, 1.807) is 0 Å². The Kier molecular flexibility index (Phi) is 3.68. The fourth-order valence-corrected chi connectivity index (χ4v) is 6.04. The fourth-order valence-electron chi connectivity index (χ4n) is 3.69. The number of anilines is 1. The van der Waals surface area contributed by atoms with Crippen LogP contribution in [0.15, 0.2) is 22.0 Å².